The highest BCUT2D eigenvalue weighted by atomic mass is 16.5. The number of ether oxygens (including phenoxy) is 1. The molecule has 2 rings (SSSR count). The van der Waals surface area contributed by atoms with E-state index in [2.05, 4.69) is 32.0 Å². The predicted molar refractivity (Wildman–Crippen MR) is 84.2 cm³/mol. The van der Waals surface area contributed by atoms with Crippen molar-refractivity contribution in [3.8, 4) is 5.75 Å². The van der Waals surface area contributed by atoms with E-state index in [1.165, 1.54) is 11.1 Å². The molecule has 1 atom stereocenters. The van der Waals surface area contributed by atoms with Crippen LogP contribution in [0.3, 0.4) is 0 Å². The molecular weight excluding hydrogens is 246 g/mol. The second-order valence-electron chi connectivity index (χ2n) is 5.53. The molecule has 2 heteroatoms. The van der Waals surface area contributed by atoms with E-state index in [1.54, 1.807) is 0 Å². The fourth-order valence-corrected chi connectivity index (χ4v) is 2.24. The minimum absolute atomic E-state index is 0.142. The number of benzene rings is 2. The van der Waals surface area contributed by atoms with Crippen molar-refractivity contribution in [3.05, 3.63) is 64.7 Å². The molecule has 20 heavy (non-hydrogen) atoms. The Morgan fingerprint density at radius 3 is 2.30 bits per heavy atom. The summed E-state index contributed by atoms with van der Waals surface area (Å²) in [6.45, 7) is 8.28. The summed E-state index contributed by atoms with van der Waals surface area (Å²) in [7, 11) is 0. The van der Waals surface area contributed by atoms with Crippen LogP contribution in [0.5, 0.6) is 5.75 Å². The van der Waals surface area contributed by atoms with Gasteiger partial charge in [0.25, 0.3) is 0 Å². The van der Waals surface area contributed by atoms with Gasteiger partial charge in [-0.2, -0.15) is 0 Å². The Morgan fingerprint density at radius 2 is 1.65 bits per heavy atom. The monoisotopic (exact) mass is 269 g/mol. The topological polar surface area (TPSA) is 35.2 Å². The number of nitrogens with two attached hydrogens (primary N) is 1. The van der Waals surface area contributed by atoms with E-state index in [-0.39, 0.29) is 12.1 Å². The molecule has 0 radical (unpaired) electrons. The van der Waals surface area contributed by atoms with Crippen LogP contribution in [0.25, 0.3) is 0 Å². The quantitative estimate of drug-likeness (QED) is 0.905. The first-order valence-electron chi connectivity index (χ1n) is 7.07. The van der Waals surface area contributed by atoms with Gasteiger partial charge in [0, 0.05) is 5.56 Å². The highest BCUT2D eigenvalue weighted by molar-refractivity contribution is 5.43. The van der Waals surface area contributed by atoms with E-state index in [9.17, 15) is 0 Å². The zero-order valence-electron chi connectivity index (χ0n) is 12.7. The van der Waals surface area contributed by atoms with Crippen LogP contribution in [-0.4, -0.2) is 6.10 Å². The Kier molecular flexibility index (Phi) is 4.46. The fourth-order valence-electron chi connectivity index (χ4n) is 2.24. The van der Waals surface area contributed by atoms with Crippen LogP contribution >= 0.6 is 0 Å². The Bertz CT molecular complexity index is 590. The number of aryl methyl sites for hydroxylation is 2. The maximum atomic E-state index is 6.43. The van der Waals surface area contributed by atoms with Gasteiger partial charge in [-0.3, -0.25) is 0 Å². The fraction of sp³-hybridized carbons (Fsp3) is 0.333. The molecule has 2 N–H and O–H groups in total. The van der Waals surface area contributed by atoms with Crippen molar-refractivity contribution in [3.63, 3.8) is 0 Å². The van der Waals surface area contributed by atoms with Gasteiger partial charge in [-0.1, -0.05) is 36.4 Å². The van der Waals surface area contributed by atoms with Crippen molar-refractivity contribution in [1.29, 1.82) is 0 Å². The lowest BCUT2D eigenvalue weighted by Crippen LogP contribution is -2.15. The lowest BCUT2D eigenvalue weighted by Gasteiger charge is -2.19. The molecule has 0 aliphatic rings. The molecule has 0 bridgehead atoms. The largest absolute Gasteiger partial charge is 0.491 e. The molecule has 2 aromatic rings. The molecule has 0 aromatic heterocycles. The summed E-state index contributed by atoms with van der Waals surface area (Å²) in [6, 6.07) is 14.2. The van der Waals surface area contributed by atoms with E-state index in [0.29, 0.717) is 0 Å². The third-order valence-corrected chi connectivity index (χ3v) is 3.51. The molecule has 1 unspecified atom stereocenters. The minimum Gasteiger partial charge on any atom is -0.491 e. The van der Waals surface area contributed by atoms with Crippen LogP contribution < -0.4 is 10.5 Å². The first-order chi connectivity index (χ1) is 9.49. The molecule has 0 fully saturated rings. The lowest BCUT2D eigenvalue weighted by molar-refractivity contribution is 0.239. The summed E-state index contributed by atoms with van der Waals surface area (Å²) in [5, 5.41) is 0. The van der Waals surface area contributed by atoms with Crippen molar-refractivity contribution in [2.75, 3.05) is 0 Å². The number of hydrogen-bond donors (Lipinski definition) is 1. The van der Waals surface area contributed by atoms with E-state index in [0.717, 1.165) is 16.9 Å². The summed E-state index contributed by atoms with van der Waals surface area (Å²) in [6.07, 6.45) is 0.142. The van der Waals surface area contributed by atoms with E-state index >= 15 is 0 Å². The first kappa shape index (κ1) is 14.6. The summed E-state index contributed by atoms with van der Waals surface area (Å²) >= 11 is 0. The van der Waals surface area contributed by atoms with Crippen molar-refractivity contribution < 1.29 is 4.74 Å². The first-order valence-corrected chi connectivity index (χ1v) is 7.07. The summed E-state index contributed by atoms with van der Waals surface area (Å²) in [5.74, 6) is 0.869. The molecule has 2 aromatic carbocycles. The van der Waals surface area contributed by atoms with Crippen molar-refractivity contribution in [2.24, 2.45) is 5.73 Å². The molecule has 106 valence electrons. The van der Waals surface area contributed by atoms with Gasteiger partial charge in [0.2, 0.25) is 0 Å². The van der Waals surface area contributed by atoms with Gasteiger partial charge in [0.15, 0.2) is 0 Å². The van der Waals surface area contributed by atoms with Crippen LogP contribution in [0.1, 0.15) is 42.1 Å². The lowest BCUT2D eigenvalue weighted by atomic mass is 9.96. The maximum absolute atomic E-state index is 6.43. The Labute approximate surface area is 121 Å². The normalized spacial score (nSPS) is 12.5. The molecule has 0 amide bonds. The van der Waals surface area contributed by atoms with Crippen molar-refractivity contribution >= 4 is 0 Å². The Hall–Kier alpha value is -1.80. The Morgan fingerprint density at radius 1 is 0.950 bits per heavy atom. The number of hydrogen-bond acceptors (Lipinski definition) is 2. The zero-order valence-corrected chi connectivity index (χ0v) is 12.7. The minimum atomic E-state index is -0.163. The Balaban J connectivity index is 2.37. The second kappa shape index (κ2) is 6.10. The van der Waals surface area contributed by atoms with Gasteiger partial charge in [-0.05, 0) is 50.5 Å². The van der Waals surface area contributed by atoms with Crippen LogP contribution in [0.4, 0.5) is 0 Å². The molecule has 0 aliphatic carbocycles. The smallest absolute Gasteiger partial charge is 0.124 e. The van der Waals surface area contributed by atoms with Gasteiger partial charge in [-0.15, -0.1) is 0 Å². The molecule has 0 saturated heterocycles. The van der Waals surface area contributed by atoms with Crippen molar-refractivity contribution in [1.82, 2.24) is 0 Å². The van der Waals surface area contributed by atoms with E-state index in [4.69, 9.17) is 10.5 Å². The van der Waals surface area contributed by atoms with E-state index < -0.39 is 0 Å². The zero-order chi connectivity index (χ0) is 14.7. The highest BCUT2D eigenvalue weighted by Gasteiger charge is 2.15. The number of para-hydroxylation sites is 1. The molecule has 0 spiro atoms. The highest BCUT2D eigenvalue weighted by Crippen LogP contribution is 2.29. The average Bonchev–Trinajstić information content (AvgIpc) is 2.41. The van der Waals surface area contributed by atoms with Crippen LogP contribution in [-0.2, 0) is 0 Å². The van der Waals surface area contributed by atoms with Crippen LogP contribution in [0.15, 0.2) is 42.5 Å². The van der Waals surface area contributed by atoms with Gasteiger partial charge in [-0.25, -0.2) is 0 Å². The van der Waals surface area contributed by atoms with E-state index in [1.807, 2.05) is 38.1 Å². The summed E-state index contributed by atoms with van der Waals surface area (Å²) in [4.78, 5) is 0. The summed E-state index contributed by atoms with van der Waals surface area (Å²) in [5.41, 5.74) is 11.1. The average molecular weight is 269 g/mol. The predicted octanol–water partition coefficient (Wildman–Crippen LogP) is 4.14. The van der Waals surface area contributed by atoms with Crippen molar-refractivity contribution in [2.45, 2.75) is 39.8 Å². The van der Waals surface area contributed by atoms with Gasteiger partial charge >= 0.3 is 0 Å². The van der Waals surface area contributed by atoms with Crippen LogP contribution in [0, 0.1) is 13.8 Å². The molecule has 0 heterocycles. The third-order valence-electron chi connectivity index (χ3n) is 3.51. The van der Waals surface area contributed by atoms with Gasteiger partial charge in [0.05, 0.1) is 12.1 Å². The third kappa shape index (κ3) is 3.20. The van der Waals surface area contributed by atoms with Gasteiger partial charge in [0.1, 0.15) is 5.75 Å². The standard InChI is InChI=1S/C18H23NO/c1-12(2)20-17-8-6-5-7-16(17)18(19)15-10-9-13(3)14(4)11-15/h5-12,18H,19H2,1-4H3. The molecule has 0 aliphatic heterocycles. The maximum Gasteiger partial charge on any atom is 0.124 e. The number of rotatable bonds is 4. The SMILES string of the molecule is Cc1ccc(C(N)c2ccccc2OC(C)C)cc1C. The molecule has 0 saturated carbocycles. The van der Waals surface area contributed by atoms with Crippen LogP contribution in [0.2, 0.25) is 0 Å². The second-order valence-corrected chi connectivity index (χ2v) is 5.53. The molecular formula is C18H23NO. The molecule has 2 nitrogen and oxygen atoms in total. The van der Waals surface area contributed by atoms with Gasteiger partial charge < -0.3 is 10.5 Å². The summed E-state index contributed by atoms with van der Waals surface area (Å²) < 4.78 is 5.86.